The minimum Gasteiger partial charge on any atom is -0.389 e. The van der Waals surface area contributed by atoms with Gasteiger partial charge in [0.2, 0.25) is 0 Å². The highest BCUT2D eigenvalue weighted by Gasteiger charge is 2.11. The Bertz CT molecular complexity index is 361. The molecule has 0 saturated carbocycles. The van der Waals surface area contributed by atoms with Gasteiger partial charge in [0.1, 0.15) is 0 Å². The van der Waals surface area contributed by atoms with Gasteiger partial charge in [0, 0.05) is 39.0 Å². The lowest BCUT2D eigenvalue weighted by molar-refractivity contribution is 0.0644. The molecule has 0 spiro atoms. The zero-order valence-electron chi connectivity index (χ0n) is 11.6. The molecule has 1 fully saturated rings. The molecule has 0 bridgehead atoms. The highest BCUT2D eigenvalue weighted by atomic mass is 16.5. The molecular weight excluding hydrogens is 240 g/mol. The fraction of sp³-hybridized carbons (Fsp3) is 0.600. The molecule has 2 rings (SSSR count). The second-order valence-electron chi connectivity index (χ2n) is 5.10. The number of methoxy groups -OCH3 is 1. The third-order valence-electron chi connectivity index (χ3n) is 3.48. The first-order valence-corrected chi connectivity index (χ1v) is 7.01. The van der Waals surface area contributed by atoms with E-state index in [-0.39, 0.29) is 0 Å². The monoisotopic (exact) mass is 264 g/mol. The molecule has 0 aromatic heterocycles. The molecule has 2 N–H and O–H groups in total. The van der Waals surface area contributed by atoms with Crippen LogP contribution in [0.2, 0.25) is 0 Å². The van der Waals surface area contributed by atoms with Gasteiger partial charge in [-0.05, 0) is 30.5 Å². The molecule has 106 valence electrons. The van der Waals surface area contributed by atoms with Crippen LogP contribution in [0.25, 0.3) is 0 Å². The molecule has 4 heteroatoms. The zero-order chi connectivity index (χ0) is 13.5. The van der Waals surface area contributed by atoms with Crippen LogP contribution in [-0.4, -0.2) is 44.6 Å². The Kier molecular flexibility index (Phi) is 5.63. The van der Waals surface area contributed by atoms with Gasteiger partial charge < -0.3 is 20.1 Å². The van der Waals surface area contributed by atoms with Gasteiger partial charge >= 0.3 is 0 Å². The summed E-state index contributed by atoms with van der Waals surface area (Å²) < 4.78 is 4.88. The van der Waals surface area contributed by atoms with E-state index in [1.165, 1.54) is 37.2 Å². The molecule has 19 heavy (non-hydrogen) atoms. The molecule has 1 aromatic carbocycles. The first-order chi connectivity index (χ1) is 9.29. The van der Waals surface area contributed by atoms with E-state index < -0.39 is 6.10 Å². The van der Waals surface area contributed by atoms with Crippen molar-refractivity contribution >= 4 is 5.69 Å². The molecule has 0 amide bonds. The van der Waals surface area contributed by atoms with Gasteiger partial charge in [-0.2, -0.15) is 0 Å². The average molecular weight is 264 g/mol. The molecule has 1 aromatic rings. The maximum atomic E-state index is 9.52. The minimum absolute atomic E-state index is 0.376. The Balaban J connectivity index is 1.75. The number of anilines is 1. The van der Waals surface area contributed by atoms with Crippen LogP contribution in [0.4, 0.5) is 5.69 Å². The molecule has 0 aliphatic carbocycles. The number of benzene rings is 1. The number of ether oxygens (including phenoxy) is 1. The maximum absolute atomic E-state index is 9.52. The SMILES string of the molecule is COCC(O)CNCc1ccc(N2CCCC2)cc1. The van der Waals surface area contributed by atoms with Crippen LogP contribution in [0.15, 0.2) is 24.3 Å². The van der Waals surface area contributed by atoms with Gasteiger partial charge in [0.25, 0.3) is 0 Å². The van der Waals surface area contributed by atoms with Crippen LogP contribution in [0, 0.1) is 0 Å². The molecule has 4 nitrogen and oxygen atoms in total. The van der Waals surface area contributed by atoms with Gasteiger partial charge in [-0.15, -0.1) is 0 Å². The lowest BCUT2D eigenvalue weighted by Gasteiger charge is -2.18. The Morgan fingerprint density at radius 2 is 1.95 bits per heavy atom. The number of aliphatic hydroxyl groups excluding tert-OH is 1. The topological polar surface area (TPSA) is 44.7 Å². The molecule has 1 aliphatic rings. The van der Waals surface area contributed by atoms with Gasteiger partial charge in [-0.3, -0.25) is 0 Å². The van der Waals surface area contributed by atoms with E-state index in [4.69, 9.17) is 4.74 Å². The summed E-state index contributed by atoms with van der Waals surface area (Å²) in [5.41, 5.74) is 2.56. The molecule has 1 unspecified atom stereocenters. The Morgan fingerprint density at radius 3 is 2.58 bits per heavy atom. The predicted molar refractivity (Wildman–Crippen MR) is 77.5 cm³/mol. The van der Waals surface area contributed by atoms with E-state index in [0.717, 1.165) is 6.54 Å². The summed E-state index contributed by atoms with van der Waals surface area (Å²) in [4.78, 5) is 2.43. The Morgan fingerprint density at radius 1 is 1.26 bits per heavy atom. The first kappa shape index (κ1) is 14.3. The predicted octanol–water partition coefficient (Wildman–Crippen LogP) is 1.38. The first-order valence-electron chi connectivity index (χ1n) is 7.01. The smallest absolute Gasteiger partial charge is 0.0897 e. The van der Waals surface area contributed by atoms with E-state index in [2.05, 4.69) is 34.5 Å². The highest BCUT2D eigenvalue weighted by molar-refractivity contribution is 5.48. The second-order valence-corrected chi connectivity index (χ2v) is 5.10. The number of aliphatic hydroxyl groups is 1. The van der Waals surface area contributed by atoms with Crippen LogP contribution < -0.4 is 10.2 Å². The lowest BCUT2D eigenvalue weighted by Crippen LogP contribution is -2.29. The van der Waals surface area contributed by atoms with E-state index in [1.807, 2.05) is 0 Å². The largest absolute Gasteiger partial charge is 0.389 e. The molecular formula is C15H24N2O2. The van der Waals surface area contributed by atoms with E-state index in [1.54, 1.807) is 7.11 Å². The van der Waals surface area contributed by atoms with Crippen LogP contribution in [0.5, 0.6) is 0 Å². The van der Waals surface area contributed by atoms with Gasteiger partial charge in [-0.1, -0.05) is 12.1 Å². The number of rotatable bonds is 7. The number of nitrogens with one attached hydrogen (secondary N) is 1. The summed E-state index contributed by atoms with van der Waals surface area (Å²) in [6.07, 6.45) is 2.18. The summed E-state index contributed by atoms with van der Waals surface area (Å²) in [6, 6.07) is 8.69. The van der Waals surface area contributed by atoms with Crippen LogP contribution in [0.3, 0.4) is 0 Å². The van der Waals surface area contributed by atoms with Crippen molar-refractivity contribution in [1.29, 1.82) is 0 Å². The van der Waals surface area contributed by atoms with Crippen molar-refractivity contribution in [3.8, 4) is 0 Å². The number of hydrogen-bond donors (Lipinski definition) is 2. The third-order valence-corrected chi connectivity index (χ3v) is 3.48. The third kappa shape index (κ3) is 4.49. The van der Waals surface area contributed by atoms with Gasteiger partial charge in [-0.25, -0.2) is 0 Å². The van der Waals surface area contributed by atoms with Crippen LogP contribution in [-0.2, 0) is 11.3 Å². The summed E-state index contributed by atoms with van der Waals surface area (Å²) in [7, 11) is 1.60. The maximum Gasteiger partial charge on any atom is 0.0897 e. The van der Waals surface area contributed by atoms with E-state index in [9.17, 15) is 5.11 Å². The molecule has 1 saturated heterocycles. The standard InChI is InChI=1S/C15H24N2O2/c1-19-12-15(18)11-16-10-13-4-6-14(7-5-13)17-8-2-3-9-17/h4-7,15-16,18H,2-3,8-12H2,1H3. The highest BCUT2D eigenvalue weighted by Crippen LogP contribution is 2.20. The van der Waals surface area contributed by atoms with Crippen LogP contribution >= 0.6 is 0 Å². The van der Waals surface area contributed by atoms with Gasteiger partial charge in [0.05, 0.1) is 12.7 Å². The molecule has 1 heterocycles. The van der Waals surface area contributed by atoms with Crippen molar-refractivity contribution in [1.82, 2.24) is 5.32 Å². The molecule has 1 aliphatic heterocycles. The zero-order valence-corrected chi connectivity index (χ0v) is 11.6. The molecule has 1 atom stereocenters. The summed E-state index contributed by atoms with van der Waals surface area (Å²) in [5.74, 6) is 0. The van der Waals surface area contributed by atoms with Crippen molar-refractivity contribution in [3.05, 3.63) is 29.8 Å². The fourth-order valence-corrected chi connectivity index (χ4v) is 2.43. The number of nitrogens with zero attached hydrogens (tertiary/aromatic N) is 1. The van der Waals surface area contributed by atoms with E-state index >= 15 is 0 Å². The number of hydrogen-bond acceptors (Lipinski definition) is 4. The van der Waals surface area contributed by atoms with E-state index in [0.29, 0.717) is 13.2 Å². The normalized spacial score (nSPS) is 16.8. The second kappa shape index (κ2) is 7.48. The summed E-state index contributed by atoms with van der Waals surface area (Å²) in [6.45, 7) is 4.07. The average Bonchev–Trinajstić information content (AvgIpc) is 2.94. The summed E-state index contributed by atoms with van der Waals surface area (Å²) >= 11 is 0. The van der Waals surface area contributed by atoms with Crippen molar-refractivity contribution in [2.24, 2.45) is 0 Å². The Labute approximate surface area is 115 Å². The summed E-state index contributed by atoms with van der Waals surface area (Å²) in [5, 5.41) is 12.8. The van der Waals surface area contributed by atoms with Crippen molar-refractivity contribution in [2.45, 2.75) is 25.5 Å². The molecule has 0 radical (unpaired) electrons. The fourth-order valence-electron chi connectivity index (χ4n) is 2.43. The van der Waals surface area contributed by atoms with Crippen molar-refractivity contribution in [2.75, 3.05) is 38.3 Å². The van der Waals surface area contributed by atoms with Crippen LogP contribution in [0.1, 0.15) is 18.4 Å². The van der Waals surface area contributed by atoms with Gasteiger partial charge in [0.15, 0.2) is 0 Å². The lowest BCUT2D eigenvalue weighted by atomic mass is 10.2. The van der Waals surface area contributed by atoms with Crippen molar-refractivity contribution < 1.29 is 9.84 Å². The minimum atomic E-state index is -0.436. The Hall–Kier alpha value is -1.10. The quantitative estimate of drug-likeness (QED) is 0.781. The van der Waals surface area contributed by atoms with Crippen molar-refractivity contribution in [3.63, 3.8) is 0 Å².